The van der Waals surface area contributed by atoms with Crippen molar-refractivity contribution in [3.8, 4) is 0 Å². The van der Waals surface area contributed by atoms with E-state index in [9.17, 15) is 14.4 Å². The first kappa shape index (κ1) is 37.9. The van der Waals surface area contributed by atoms with Crippen LogP contribution in [0, 0.1) is 5.92 Å². The molecule has 12 heteroatoms. The maximum atomic E-state index is 15.2. The van der Waals surface area contributed by atoms with Crippen molar-refractivity contribution in [2.24, 2.45) is 5.92 Å². The molecule has 3 atom stereocenters. The van der Waals surface area contributed by atoms with E-state index in [4.69, 9.17) is 9.97 Å². The average Bonchev–Trinajstić information content (AvgIpc) is 3.70. The topological polar surface area (TPSA) is 105 Å². The number of carbonyl (C=O) groups is 3. The normalized spacial score (nSPS) is 24.6. The van der Waals surface area contributed by atoms with Crippen molar-refractivity contribution in [2.75, 3.05) is 56.1 Å². The number of benzene rings is 2. The van der Waals surface area contributed by atoms with Crippen LogP contribution in [0.5, 0.6) is 0 Å². The molecular weight excluding hydrogens is 720 g/mol. The Kier molecular flexibility index (Phi) is 9.91. The first-order valence-electron chi connectivity index (χ1n) is 20.9. The molecule has 3 amide bonds. The van der Waals surface area contributed by atoms with E-state index in [0.29, 0.717) is 37.0 Å². The van der Waals surface area contributed by atoms with Crippen LogP contribution in [0.25, 0.3) is 5.57 Å². The van der Waals surface area contributed by atoms with Crippen LogP contribution in [-0.4, -0.2) is 112 Å². The van der Waals surface area contributed by atoms with Gasteiger partial charge in [-0.15, -0.1) is 0 Å². The molecule has 1 N–H and O–H groups in total. The van der Waals surface area contributed by atoms with Gasteiger partial charge in [0.1, 0.15) is 17.5 Å². The van der Waals surface area contributed by atoms with Crippen LogP contribution in [-0.2, 0) is 22.6 Å². The van der Waals surface area contributed by atoms with Crippen molar-refractivity contribution in [3.05, 3.63) is 88.4 Å². The lowest BCUT2D eigenvalue weighted by Crippen LogP contribution is -2.58. The third-order valence-corrected chi connectivity index (χ3v) is 13.5. The minimum absolute atomic E-state index is 0.0879. The smallest absolute Gasteiger partial charge is 0.255 e. The number of imide groups is 1. The van der Waals surface area contributed by atoms with E-state index in [0.717, 1.165) is 81.2 Å². The number of halogens is 1. The van der Waals surface area contributed by atoms with Gasteiger partial charge in [-0.25, -0.2) is 9.37 Å². The summed E-state index contributed by atoms with van der Waals surface area (Å²) in [7, 11) is 2.24. The Morgan fingerprint density at radius 1 is 0.947 bits per heavy atom. The minimum atomic E-state index is -1.32. The molecule has 3 saturated heterocycles. The lowest BCUT2D eigenvalue weighted by atomic mass is 9.86. The molecular formula is C45H55FN8O3. The van der Waals surface area contributed by atoms with E-state index in [-0.39, 0.29) is 36.2 Å². The molecule has 6 heterocycles. The third kappa shape index (κ3) is 7.35. The van der Waals surface area contributed by atoms with Crippen LogP contribution in [0.15, 0.2) is 60.4 Å². The predicted molar refractivity (Wildman–Crippen MR) is 218 cm³/mol. The maximum absolute atomic E-state index is 15.2. The summed E-state index contributed by atoms with van der Waals surface area (Å²) in [6, 6.07) is 14.7. The molecule has 5 aliphatic heterocycles. The highest BCUT2D eigenvalue weighted by Crippen LogP contribution is 2.48. The summed E-state index contributed by atoms with van der Waals surface area (Å²) in [6.07, 6.45) is 9.75. The second-order valence-electron chi connectivity index (χ2n) is 18.0. The van der Waals surface area contributed by atoms with Gasteiger partial charge in [-0.2, -0.15) is 0 Å². The molecule has 1 unspecified atom stereocenters. The lowest BCUT2D eigenvalue weighted by Gasteiger charge is -2.46. The van der Waals surface area contributed by atoms with Gasteiger partial charge in [0.25, 0.3) is 5.91 Å². The van der Waals surface area contributed by atoms with Gasteiger partial charge in [-0.1, -0.05) is 24.3 Å². The van der Waals surface area contributed by atoms with Crippen molar-refractivity contribution < 1.29 is 18.8 Å². The maximum Gasteiger partial charge on any atom is 0.255 e. The summed E-state index contributed by atoms with van der Waals surface area (Å²) in [5.41, 5.74) is 7.75. The Bertz CT molecular complexity index is 2080. The fraction of sp³-hybridized carbons (Fsp3) is 0.533. The van der Waals surface area contributed by atoms with Crippen LogP contribution in [0.4, 0.5) is 15.9 Å². The zero-order valence-corrected chi connectivity index (χ0v) is 33.7. The quantitative estimate of drug-likeness (QED) is 0.266. The summed E-state index contributed by atoms with van der Waals surface area (Å²) in [4.78, 5) is 58.4. The van der Waals surface area contributed by atoms with Crippen molar-refractivity contribution in [1.29, 1.82) is 0 Å². The fourth-order valence-corrected chi connectivity index (χ4v) is 10.2. The van der Waals surface area contributed by atoms with Gasteiger partial charge < -0.3 is 14.7 Å². The molecule has 11 nitrogen and oxygen atoms in total. The summed E-state index contributed by atoms with van der Waals surface area (Å²) in [5.74, 6) is 0.812. The number of piperidine rings is 2. The number of hydrogen-bond donors (Lipinski definition) is 1. The monoisotopic (exact) mass is 774 g/mol. The molecule has 57 heavy (non-hydrogen) atoms. The fourth-order valence-electron chi connectivity index (χ4n) is 10.2. The molecule has 0 saturated carbocycles. The number of nitrogens with one attached hydrogen (secondary N) is 1. The molecule has 6 aliphatic rings. The Morgan fingerprint density at radius 3 is 2.47 bits per heavy atom. The number of fused-ring (bicyclic) bond motifs is 3. The molecule has 1 aromatic heterocycles. The molecule has 1 aliphatic carbocycles. The van der Waals surface area contributed by atoms with Crippen LogP contribution >= 0.6 is 0 Å². The molecule has 3 fully saturated rings. The zero-order valence-electron chi connectivity index (χ0n) is 33.7. The van der Waals surface area contributed by atoms with Crippen LogP contribution in [0.3, 0.4) is 0 Å². The van der Waals surface area contributed by atoms with Crippen molar-refractivity contribution in [1.82, 2.24) is 30.0 Å². The van der Waals surface area contributed by atoms with Gasteiger partial charge in [-0.05, 0) is 125 Å². The van der Waals surface area contributed by atoms with Gasteiger partial charge in [0.15, 0.2) is 0 Å². The highest BCUT2D eigenvalue weighted by molar-refractivity contribution is 6.05. The van der Waals surface area contributed by atoms with E-state index in [1.54, 1.807) is 18.7 Å². The molecule has 9 rings (SSSR count). The Balaban J connectivity index is 0.760. The number of rotatable bonds is 10. The number of alkyl halides is 1. The summed E-state index contributed by atoms with van der Waals surface area (Å²) < 4.78 is 15.2. The average molecular weight is 775 g/mol. The summed E-state index contributed by atoms with van der Waals surface area (Å²) >= 11 is 0. The van der Waals surface area contributed by atoms with Crippen LogP contribution < -0.4 is 15.1 Å². The first-order valence-corrected chi connectivity index (χ1v) is 20.9. The number of hydrogen-bond acceptors (Lipinski definition) is 9. The summed E-state index contributed by atoms with van der Waals surface area (Å²) in [6.45, 7) is 11.2. The largest absolute Gasteiger partial charge is 0.368 e. The number of nitrogens with zero attached hydrogens (tertiary/aromatic N) is 7. The standard InChI is InChI=1S/C45H55FN8O3/c1-28-19-36-34-8-6-5-7-30(34)21-37(36)42(54(28)27-45(2,3)46)38-22-48-40(23-47-38)51-17-14-29(15-18-51)13-16-50(4)33-25-52(26-33)32-9-10-35-31(20-32)24-53(44(35)57)39-11-12-41(55)49-43(39)56/h5-10,20,22-23,28-29,33,39,42H,11-19,21,24-27H2,1-4H3,(H,49,55,56)/t28-,39?,42+/m1/s1. The van der Waals surface area contributed by atoms with E-state index in [1.807, 2.05) is 24.5 Å². The van der Waals surface area contributed by atoms with E-state index in [2.05, 4.69) is 69.2 Å². The highest BCUT2D eigenvalue weighted by Gasteiger charge is 2.43. The van der Waals surface area contributed by atoms with E-state index >= 15 is 4.39 Å². The molecule has 2 aromatic carbocycles. The SMILES string of the molecule is C[C@@H]1CC2=C(Cc3ccccc32)[C@@H](c2cnc(N3CCC(CCN(C)C4CN(c5ccc6c(c5)CN(C5CCC(=O)NC5=O)C6=O)C4)CC3)cn2)N1CC(C)(C)F. The molecule has 0 radical (unpaired) electrons. The predicted octanol–water partition coefficient (Wildman–Crippen LogP) is 5.56. The van der Waals surface area contributed by atoms with E-state index in [1.165, 1.54) is 28.7 Å². The highest BCUT2D eigenvalue weighted by atomic mass is 19.1. The Labute approximate surface area is 335 Å². The van der Waals surface area contributed by atoms with Crippen molar-refractivity contribution in [3.63, 3.8) is 0 Å². The van der Waals surface area contributed by atoms with Crippen LogP contribution in [0.1, 0.15) is 98.1 Å². The van der Waals surface area contributed by atoms with Gasteiger partial charge >= 0.3 is 0 Å². The second kappa shape index (κ2) is 14.9. The number of amides is 3. The molecule has 300 valence electrons. The lowest BCUT2D eigenvalue weighted by molar-refractivity contribution is -0.136. The Morgan fingerprint density at radius 2 is 1.74 bits per heavy atom. The first-order chi connectivity index (χ1) is 27.4. The van der Waals surface area contributed by atoms with Crippen molar-refractivity contribution >= 4 is 34.8 Å². The van der Waals surface area contributed by atoms with Gasteiger partial charge in [-0.3, -0.25) is 34.5 Å². The van der Waals surface area contributed by atoms with Gasteiger partial charge in [0.05, 0.1) is 24.1 Å². The Hall–Kier alpha value is -4.68. The molecule has 0 bridgehead atoms. The van der Waals surface area contributed by atoms with Crippen molar-refractivity contribution in [2.45, 2.75) is 102 Å². The number of aromatic nitrogens is 2. The van der Waals surface area contributed by atoms with Gasteiger partial charge in [0.2, 0.25) is 11.8 Å². The molecule has 0 spiro atoms. The second-order valence-corrected chi connectivity index (χ2v) is 18.0. The zero-order chi connectivity index (χ0) is 39.6. The number of anilines is 2. The number of carbonyl (C=O) groups excluding carboxylic acids is 3. The van der Waals surface area contributed by atoms with Crippen LogP contribution in [0.2, 0.25) is 0 Å². The summed E-state index contributed by atoms with van der Waals surface area (Å²) in [5, 5.41) is 2.38. The molecule has 3 aromatic rings. The number of likely N-dealkylation sites (N-methyl/N-ethyl adjacent to an activating group) is 1. The van der Waals surface area contributed by atoms with E-state index < -0.39 is 11.7 Å². The minimum Gasteiger partial charge on any atom is -0.368 e. The third-order valence-electron chi connectivity index (χ3n) is 13.5. The van der Waals surface area contributed by atoms with Gasteiger partial charge in [0, 0.05) is 69.0 Å².